The van der Waals surface area contributed by atoms with Crippen molar-refractivity contribution in [2.24, 2.45) is 0 Å². The molecule has 0 saturated carbocycles. The lowest BCUT2D eigenvalue weighted by Gasteiger charge is -2.21. The third-order valence-electron chi connectivity index (χ3n) is 4.91. The maximum Gasteiger partial charge on any atom is 0.277 e. The molecule has 0 unspecified atom stereocenters. The van der Waals surface area contributed by atoms with E-state index in [9.17, 15) is 9.59 Å². The Kier molecular flexibility index (Phi) is 6.53. The SMILES string of the molecule is CCCCCN1C(=O)C(c2ccc(Cl)cc2)=C(N(C)Cc2ccccc2)C1=O. The summed E-state index contributed by atoms with van der Waals surface area (Å²) in [5, 5.41) is 0.597. The first kappa shape index (κ1) is 20.2. The molecule has 5 heteroatoms. The minimum Gasteiger partial charge on any atom is -0.365 e. The summed E-state index contributed by atoms with van der Waals surface area (Å²) in [7, 11) is 1.86. The van der Waals surface area contributed by atoms with Gasteiger partial charge in [0.1, 0.15) is 5.70 Å². The molecule has 1 aliphatic heterocycles. The highest BCUT2D eigenvalue weighted by molar-refractivity contribution is 6.36. The Labute approximate surface area is 171 Å². The van der Waals surface area contributed by atoms with E-state index in [2.05, 4.69) is 6.92 Å². The number of nitrogens with zero attached hydrogens (tertiary/aromatic N) is 2. The zero-order valence-electron chi connectivity index (χ0n) is 16.3. The Bertz CT molecular complexity index is 875. The van der Waals surface area contributed by atoms with Gasteiger partial charge < -0.3 is 4.90 Å². The lowest BCUT2D eigenvalue weighted by atomic mass is 10.0. The fourth-order valence-electron chi connectivity index (χ4n) is 3.45. The van der Waals surface area contributed by atoms with Crippen molar-refractivity contribution in [1.29, 1.82) is 0 Å². The first-order chi connectivity index (χ1) is 13.5. The Morgan fingerprint density at radius 3 is 2.25 bits per heavy atom. The van der Waals surface area contributed by atoms with Gasteiger partial charge in [-0.1, -0.05) is 73.8 Å². The van der Waals surface area contributed by atoms with Crippen LogP contribution in [0.3, 0.4) is 0 Å². The van der Waals surface area contributed by atoms with E-state index in [4.69, 9.17) is 11.6 Å². The lowest BCUT2D eigenvalue weighted by molar-refractivity contribution is -0.137. The molecular weight excluding hydrogens is 372 g/mol. The molecule has 3 rings (SSSR count). The van der Waals surface area contributed by atoms with E-state index in [-0.39, 0.29) is 11.8 Å². The van der Waals surface area contributed by atoms with Gasteiger partial charge in [0.25, 0.3) is 11.8 Å². The highest BCUT2D eigenvalue weighted by Gasteiger charge is 2.40. The van der Waals surface area contributed by atoms with E-state index < -0.39 is 0 Å². The maximum absolute atomic E-state index is 13.2. The van der Waals surface area contributed by atoms with Crippen molar-refractivity contribution in [3.63, 3.8) is 0 Å². The van der Waals surface area contributed by atoms with E-state index >= 15 is 0 Å². The first-order valence-electron chi connectivity index (χ1n) is 9.64. The third kappa shape index (κ3) is 4.28. The molecule has 146 valence electrons. The minimum atomic E-state index is -0.224. The Morgan fingerprint density at radius 2 is 1.61 bits per heavy atom. The number of amides is 2. The second-order valence-electron chi connectivity index (χ2n) is 7.04. The van der Waals surface area contributed by atoms with Gasteiger partial charge in [0.05, 0.1) is 5.57 Å². The Hall–Kier alpha value is -2.59. The average Bonchev–Trinajstić information content (AvgIpc) is 2.94. The molecule has 0 N–H and O–H groups in total. The minimum absolute atomic E-state index is 0.218. The van der Waals surface area contributed by atoms with E-state index in [1.807, 2.05) is 42.3 Å². The van der Waals surface area contributed by atoms with Crippen LogP contribution in [0.25, 0.3) is 5.57 Å². The van der Waals surface area contributed by atoms with Crippen LogP contribution >= 0.6 is 11.6 Å². The van der Waals surface area contributed by atoms with Crippen molar-refractivity contribution in [1.82, 2.24) is 9.80 Å². The van der Waals surface area contributed by atoms with Gasteiger partial charge in [-0.05, 0) is 29.7 Å². The van der Waals surface area contributed by atoms with Crippen LogP contribution in [-0.4, -0.2) is 35.2 Å². The fraction of sp³-hybridized carbons (Fsp3) is 0.304. The summed E-state index contributed by atoms with van der Waals surface area (Å²) in [6, 6.07) is 17.0. The van der Waals surface area contributed by atoms with Crippen LogP contribution in [0.5, 0.6) is 0 Å². The normalized spacial score (nSPS) is 14.2. The number of halogens is 1. The van der Waals surface area contributed by atoms with Crippen LogP contribution in [0.1, 0.15) is 37.3 Å². The molecule has 0 fully saturated rings. The maximum atomic E-state index is 13.2. The molecule has 2 aromatic rings. The van der Waals surface area contributed by atoms with Gasteiger partial charge in [0.15, 0.2) is 0 Å². The van der Waals surface area contributed by atoms with Gasteiger partial charge in [-0.15, -0.1) is 0 Å². The topological polar surface area (TPSA) is 40.6 Å². The third-order valence-corrected chi connectivity index (χ3v) is 5.16. The predicted octanol–water partition coefficient (Wildman–Crippen LogP) is 4.74. The van der Waals surface area contributed by atoms with Gasteiger partial charge in [0, 0.05) is 25.2 Å². The molecule has 0 atom stereocenters. The van der Waals surface area contributed by atoms with Crippen molar-refractivity contribution >= 4 is 29.0 Å². The van der Waals surface area contributed by atoms with Crippen LogP contribution in [0.2, 0.25) is 5.02 Å². The summed E-state index contributed by atoms with van der Waals surface area (Å²) in [6.45, 7) is 3.10. The number of likely N-dealkylation sites (N-methyl/N-ethyl adjacent to an activating group) is 1. The average molecular weight is 397 g/mol. The van der Waals surface area contributed by atoms with Crippen LogP contribution in [0, 0.1) is 0 Å². The summed E-state index contributed by atoms with van der Waals surface area (Å²) in [6.07, 6.45) is 2.84. The van der Waals surface area contributed by atoms with Crippen LogP contribution in [-0.2, 0) is 16.1 Å². The second kappa shape index (κ2) is 9.07. The number of benzene rings is 2. The van der Waals surface area contributed by atoms with Crippen molar-refractivity contribution < 1.29 is 9.59 Å². The molecule has 2 aromatic carbocycles. The summed E-state index contributed by atoms with van der Waals surface area (Å²) in [5.74, 6) is -0.442. The fourth-order valence-corrected chi connectivity index (χ4v) is 3.58. The van der Waals surface area contributed by atoms with Crippen LogP contribution in [0.15, 0.2) is 60.3 Å². The molecule has 0 aliphatic carbocycles. The number of unbranched alkanes of at least 4 members (excludes halogenated alkanes) is 2. The molecule has 1 aliphatic rings. The molecule has 0 saturated heterocycles. The Balaban J connectivity index is 1.96. The zero-order chi connectivity index (χ0) is 20.1. The molecule has 28 heavy (non-hydrogen) atoms. The standard InChI is InChI=1S/C23H25ClN2O2/c1-3-4-8-15-26-22(27)20(18-11-13-19(24)14-12-18)21(23(26)28)25(2)16-17-9-6-5-7-10-17/h5-7,9-14H,3-4,8,15-16H2,1-2H3. The molecule has 4 nitrogen and oxygen atoms in total. The number of carbonyl (C=O) groups is 2. The molecule has 1 heterocycles. The van der Waals surface area contributed by atoms with Gasteiger partial charge in [-0.2, -0.15) is 0 Å². The molecule has 0 bridgehead atoms. The number of rotatable bonds is 8. The van der Waals surface area contributed by atoms with Gasteiger partial charge in [0.2, 0.25) is 0 Å². The van der Waals surface area contributed by atoms with E-state index in [0.29, 0.717) is 29.4 Å². The first-order valence-corrected chi connectivity index (χ1v) is 10.0. The summed E-state index contributed by atoms with van der Waals surface area (Å²) in [4.78, 5) is 29.6. The molecule has 0 radical (unpaired) electrons. The monoisotopic (exact) mass is 396 g/mol. The smallest absolute Gasteiger partial charge is 0.277 e. The molecule has 0 aromatic heterocycles. The summed E-state index contributed by atoms with van der Waals surface area (Å²) < 4.78 is 0. The highest BCUT2D eigenvalue weighted by Crippen LogP contribution is 2.32. The van der Waals surface area contributed by atoms with Crippen LogP contribution in [0.4, 0.5) is 0 Å². The van der Waals surface area contributed by atoms with Crippen LogP contribution < -0.4 is 0 Å². The zero-order valence-corrected chi connectivity index (χ0v) is 17.1. The Morgan fingerprint density at radius 1 is 0.929 bits per heavy atom. The van der Waals surface area contributed by atoms with Crippen molar-refractivity contribution in [3.05, 3.63) is 76.4 Å². The molecule has 2 amide bonds. The van der Waals surface area contributed by atoms with Gasteiger partial charge in [-0.3, -0.25) is 14.5 Å². The molecule has 0 spiro atoms. The van der Waals surface area contributed by atoms with E-state index in [1.54, 1.807) is 24.3 Å². The number of hydrogen-bond donors (Lipinski definition) is 0. The predicted molar refractivity (Wildman–Crippen MR) is 113 cm³/mol. The largest absolute Gasteiger partial charge is 0.365 e. The lowest BCUT2D eigenvalue weighted by Crippen LogP contribution is -2.34. The quantitative estimate of drug-likeness (QED) is 0.478. The van der Waals surface area contributed by atoms with Gasteiger partial charge in [-0.25, -0.2) is 0 Å². The van der Waals surface area contributed by atoms with Crippen molar-refractivity contribution in [3.8, 4) is 0 Å². The van der Waals surface area contributed by atoms with Gasteiger partial charge >= 0.3 is 0 Å². The van der Waals surface area contributed by atoms with E-state index in [0.717, 1.165) is 30.4 Å². The highest BCUT2D eigenvalue weighted by atomic mass is 35.5. The number of carbonyl (C=O) groups excluding carboxylic acids is 2. The van der Waals surface area contributed by atoms with E-state index in [1.165, 1.54) is 4.90 Å². The van der Waals surface area contributed by atoms with Crippen molar-refractivity contribution in [2.45, 2.75) is 32.7 Å². The number of hydrogen-bond acceptors (Lipinski definition) is 3. The summed E-state index contributed by atoms with van der Waals surface area (Å²) >= 11 is 6.01. The summed E-state index contributed by atoms with van der Waals surface area (Å²) in [5.41, 5.74) is 2.71. The second-order valence-corrected chi connectivity index (χ2v) is 7.48. The molecular formula is C23H25ClN2O2. The number of imide groups is 1. The van der Waals surface area contributed by atoms with Crippen molar-refractivity contribution in [2.75, 3.05) is 13.6 Å².